The second kappa shape index (κ2) is 7.85. The number of furan rings is 1. The van der Waals surface area contributed by atoms with Crippen molar-refractivity contribution in [3.8, 4) is 22.8 Å². The van der Waals surface area contributed by atoms with E-state index in [1.807, 2.05) is 6.07 Å². The predicted octanol–water partition coefficient (Wildman–Crippen LogP) is 3.14. The van der Waals surface area contributed by atoms with Crippen LogP contribution in [0.4, 0.5) is 5.69 Å². The number of amides is 1. The summed E-state index contributed by atoms with van der Waals surface area (Å²) < 4.78 is 16.7. The summed E-state index contributed by atoms with van der Waals surface area (Å²) in [6.07, 6.45) is 0.541. The van der Waals surface area contributed by atoms with E-state index in [-0.39, 0.29) is 12.3 Å². The number of para-hydroxylation sites is 2. The fraction of sp³-hybridized carbons (Fsp3) is 0.100. The van der Waals surface area contributed by atoms with Crippen LogP contribution in [0.15, 0.2) is 70.2 Å². The van der Waals surface area contributed by atoms with E-state index in [0.717, 1.165) is 0 Å². The average molecular weight is 393 g/mol. The average Bonchev–Trinajstić information content (AvgIpc) is 3.22. The van der Waals surface area contributed by atoms with Gasteiger partial charge in [-0.3, -0.25) is 14.9 Å². The smallest absolute Gasteiger partial charge is 0.284 e. The highest BCUT2D eigenvalue weighted by atomic mass is 16.6. The molecule has 0 bridgehead atoms. The molecule has 2 aromatic carbocycles. The van der Waals surface area contributed by atoms with Gasteiger partial charge in [-0.05, 0) is 36.4 Å². The monoisotopic (exact) mass is 393 g/mol. The Labute approximate surface area is 164 Å². The number of carbonyl (C=O) groups is 1. The molecular weight excluding hydrogens is 378 g/mol. The van der Waals surface area contributed by atoms with Crippen molar-refractivity contribution in [2.24, 2.45) is 5.10 Å². The van der Waals surface area contributed by atoms with Gasteiger partial charge in [0.25, 0.3) is 11.6 Å². The first-order valence-electron chi connectivity index (χ1n) is 8.66. The van der Waals surface area contributed by atoms with Crippen molar-refractivity contribution in [1.29, 1.82) is 0 Å². The molecule has 9 nitrogen and oxygen atoms in total. The largest absolute Gasteiger partial charge is 0.485 e. The van der Waals surface area contributed by atoms with Crippen LogP contribution in [0.3, 0.4) is 0 Å². The third kappa shape index (κ3) is 4.08. The molecule has 1 N–H and O–H groups in total. The predicted molar refractivity (Wildman–Crippen MR) is 103 cm³/mol. The Bertz CT molecular complexity index is 1070. The van der Waals surface area contributed by atoms with Crippen molar-refractivity contribution in [1.82, 2.24) is 5.43 Å². The van der Waals surface area contributed by atoms with E-state index in [9.17, 15) is 14.9 Å². The third-order valence-corrected chi connectivity index (χ3v) is 4.16. The van der Waals surface area contributed by atoms with E-state index in [1.165, 1.54) is 18.3 Å². The molecule has 0 radical (unpaired) electrons. The van der Waals surface area contributed by atoms with Crippen molar-refractivity contribution in [3.63, 3.8) is 0 Å². The highest BCUT2D eigenvalue weighted by molar-refractivity contribution is 5.84. The number of rotatable bonds is 5. The lowest BCUT2D eigenvalue weighted by molar-refractivity contribution is -0.384. The zero-order valence-electron chi connectivity index (χ0n) is 15.0. The van der Waals surface area contributed by atoms with Gasteiger partial charge < -0.3 is 13.9 Å². The number of hydrogen-bond acceptors (Lipinski definition) is 7. The maximum Gasteiger partial charge on any atom is 0.284 e. The SMILES string of the molecule is O=C(N/N=C\c1ccc(-c2ccc([N+](=O)[O-])cc2)o1)[C@H]1COc2ccccc2O1. The molecular formula is C20H15N3O6. The zero-order chi connectivity index (χ0) is 20.2. The summed E-state index contributed by atoms with van der Waals surface area (Å²) in [5.41, 5.74) is 3.08. The summed E-state index contributed by atoms with van der Waals surface area (Å²) in [5.74, 6) is 1.58. The van der Waals surface area contributed by atoms with Crippen molar-refractivity contribution in [2.45, 2.75) is 6.10 Å². The van der Waals surface area contributed by atoms with Crippen LogP contribution in [0, 0.1) is 10.1 Å². The van der Waals surface area contributed by atoms with E-state index in [2.05, 4.69) is 10.5 Å². The highest BCUT2D eigenvalue weighted by Gasteiger charge is 2.27. The van der Waals surface area contributed by atoms with E-state index < -0.39 is 16.9 Å². The maximum absolute atomic E-state index is 12.2. The Kier molecular flexibility index (Phi) is 4.93. The number of carbonyl (C=O) groups excluding carboxylic acids is 1. The molecule has 146 valence electrons. The number of nitrogens with one attached hydrogen (secondary N) is 1. The van der Waals surface area contributed by atoms with E-state index >= 15 is 0 Å². The minimum Gasteiger partial charge on any atom is -0.485 e. The molecule has 0 aliphatic carbocycles. The number of fused-ring (bicyclic) bond motifs is 1. The first-order valence-corrected chi connectivity index (χ1v) is 8.66. The molecule has 0 spiro atoms. The third-order valence-electron chi connectivity index (χ3n) is 4.16. The van der Waals surface area contributed by atoms with Gasteiger partial charge in [-0.1, -0.05) is 12.1 Å². The standard InChI is InChI=1S/C20H15N3O6/c24-20(19-12-27-17-3-1-2-4-18(17)29-19)22-21-11-15-9-10-16(28-15)13-5-7-14(8-6-13)23(25)26/h1-11,19H,12H2,(H,22,24)/b21-11-/t19-/m1/s1. The molecule has 1 aromatic heterocycles. The number of nitro groups is 1. The number of hydrogen-bond donors (Lipinski definition) is 1. The Morgan fingerprint density at radius 2 is 1.86 bits per heavy atom. The van der Waals surface area contributed by atoms with Crippen molar-refractivity contribution in [3.05, 3.63) is 76.5 Å². The number of non-ortho nitro benzene ring substituents is 1. The fourth-order valence-electron chi connectivity index (χ4n) is 2.71. The molecule has 1 aliphatic heterocycles. The van der Waals surface area contributed by atoms with Crippen molar-refractivity contribution >= 4 is 17.8 Å². The Morgan fingerprint density at radius 1 is 1.10 bits per heavy atom. The first kappa shape index (κ1) is 18.2. The summed E-state index contributed by atoms with van der Waals surface area (Å²) in [6, 6.07) is 16.5. The van der Waals surface area contributed by atoms with Gasteiger partial charge in [0.1, 0.15) is 18.1 Å². The number of hydrazone groups is 1. The molecule has 0 saturated heterocycles. The van der Waals surface area contributed by atoms with Crippen LogP contribution in [0.2, 0.25) is 0 Å². The molecule has 1 atom stereocenters. The summed E-state index contributed by atoms with van der Waals surface area (Å²) in [6.45, 7) is 0.0867. The maximum atomic E-state index is 12.2. The van der Waals surface area contributed by atoms with Gasteiger partial charge in [0.15, 0.2) is 11.5 Å². The lowest BCUT2D eigenvalue weighted by Crippen LogP contribution is -2.42. The Balaban J connectivity index is 1.35. The van der Waals surface area contributed by atoms with Crippen LogP contribution in [0.1, 0.15) is 5.76 Å². The molecule has 4 rings (SSSR count). The summed E-state index contributed by atoms with van der Waals surface area (Å²) in [7, 11) is 0. The molecule has 1 aliphatic rings. The fourth-order valence-corrected chi connectivity index (χ4v) is 2.71. The van der Waals surface area contributed by atoms with Crippen LogP contribution in [-0.2, 0) is 4.79 Å². The lowest BCUT2D eigenvalue weighted by Gasteiger charge is -2.24. The van der Waals surface area contributed by atoms with Gasteiger partial charge in [-0.15, -0.1) is 0 Å². The Hall–Kier alpha value is -4.14. The number of nitro benzene ring substituents is 1. The number of ether oxygens (including phenoxy) is 2. The van der Waals surface area contributed by atoms with Gasteiger partial charge >= 0.3 is 0 Å². The van der Waals surface area contributed by atoms with Crippen LogP contribution < -0.4 is 14.9 Å². The van der Waals surface area contributed by atoms with Crippen LogP contribution in [-0.4, -0.2) is 29.8 Å². The molecule has 0 unspecified atom stereocenters. The topological polar surface area (TPSA) is 116 Å². The van der Waals surface area contributed by atoms with Gasteiger partial charge in [-0.25, -0.2) is 5.43 Å². The molecule has 29 heavy (non-hydrogen) atoms. The zero-order valence-corrected chi connectivity index (χ0v) is 15.0. The van der Waals surface area contributed by atoms with E-state index in [1.54, 1.807) is 42.5 Å². The quantitative estimate of drug-likeness (QED) is 0.404. The second-order valence-electron chi connectivity index (χ2n) is 6.10. The van der Waals surface area contributed by atoms with E-state index in [4.69, 9.17) is 13.9 Å². The number of nitrogens with zero attached hydrogens (tertiary/aromatic N) is 2. The van der Waals surface area contributed by atoms with Crippen molar-refractivity contribution < 1.29 is 23.6 Å². The molecule has 0 fully saturated rings. The van der Waals surface area contributed by atoms with Gasteiger partial charge in [0.2, 0.25) is 6.10 Å². The van der Waals surface area contributed by atoms with Crippen LogP contribution in [0.25, 0.3) is 11.3 Å². The Morgan fingerprint density at radius 3 is 2.62 bits per heavy atom. The summed E-state index contributed by atoms with van der Waals surface area (Å²) in [5, 5.41) is 14.6. The van der Waals surface area contributed by atoms with E-state index in [0.29, 0.717) is 28.6 Å². The normalized spacial score (nSPS) is 15.2. The molecule has 2 heterocycles. The minimum atomic E-state index is -0.811. The highest BCUT2D eigenvalue weighted by Crippen LogP contribution is 2.30. The van der Waals surface area contributed by atoms with Crippen LogP contribution in [0.5, 0.6) is 11.5 Å². The molecule has 9 heteroatoms. The van der Waals surface area contributed by atoms with Gasteiger partial charge in [0, 0.05) is 17.7 Å². The first-order chi connectivity index (χ1) is 14.1. The molecule has 1 amide bonds. The number of benzene rings is 2. The minimum absolute atomic E-state index is 0.00124. The summed E-state index contributed by atoms with van der Waals surface area (Å²) >= 11 is 0. The second-order valence-corrected chi connectivity index (χ2v) is 6.10. The lowest BCUT2D eigenvalue weighted by atomic mass is 10.1. The van der Waals surface area contributed by atoms with Crippen molar-refractivity contribution in [2.75, 3.05) is 6.61 Å². The summed E-state index contributed by atoms with van der Waals surface area (Å²) in [4.78, 5) is 22.4. The van der Waals surface area contributed by atoms with Crippen LogP contribution >= 0.6 is 0 Å². The molecule has 0 saturated carbocycles. The molecule has 3 aromatic rings. The van der Waals surface area contributed by atoms with Gasteiger partial charge in [0.05, 0.1) is 11.1 Å². The van der Waals surface area contributed by atoms with Gasteiger partial charge in [-0.2, -0.15) is 5.10 Å².